The molecule has 1 fully saturated rings. The number of anilines is 2. The van der Waals surface area contributed by atoms with Crippen LogP contribution in [0.2, 0.25) is 0 Å². The van der Waals surface area contributed by atoms with E-state index in [2.05, 4.69) is 34.9 Å². The number of benzene rings is 2. The number of carbonyl (C=O) groups excluding carboxylic acids is 2. The van der Waals surface area contributed by atoms with Crippen molar-refractivity contribution in [3.05, 3.63) is 71.9 Å². The van der Waals surface area contributed by atoms with Crippen LogP contribution in [0.3, 0.4) is 0 Å². The third kappa shape index (κ3) is 5.95. The van der Waals surface area contributed by atoms with Gasteiger partial charge in [-0.15, -0.1) is 0 Å². The van der Waals surface area contributed by atoms with Crippen molar-refractivity contribution in [1.82, 2.24) is 4.90 Å². The molecule has 2 N–H and O–H groups in total. The maximum atomic E-state index is 12.8. The smallest absolute Gasteiger partial charge is 0.266 e. The highest BCUT2D eigenvalue weighted by molar-refractivity contribution is 5.97. The van der Waals surface area contributed by atoms with Crippen LogP contribution in [-0.4, -0.2) is 29.8 Å². The summed E-state index contributed by atoms with van der Waals surface area (Å²) in [6.45, 7) is 2.76. The fourth-order valence-corrected chi connectivity index (χ4v) is 3.65. The molecule has 0 bridgehead atoms. The van der Waals surface area contributed by atoms with Gasteiger partial charge in [0.05, 0.1) is 0 Å². The lowest BCUT2D eigenvalue weighted by Crippen LogP contribution is -2.39. The largest absolute Gasteiger partial charge is 0.360 e. The van der Waals surface area contributed by atoms with Gasteiger partial charge in [0, 0.05) is 37.6 Å². The van der Waals surface area contributed by atoms with Crippen molar-refractivity contribution in [2.75, 3.05) is 23.7 Å². The quantitative estimate of drug-likeness (QED) is 0.566. The van der Waals surface area contributed by atoms with Gasteiger partial charge >= 0.3 is 0 Å². The van der Waals surface area contributed by atoms with Crippen LogP contribution >= 0.6 is 0 Å². The Labute approximate surface area is 177 Å². The van der Waals surface area contributed by atoms with E-state index < -0.39 is 0 Å². The predicted molar refractivity (Wildman–Crippen MR) is 118 cm³/mol. The fourth-order valence-electron chi connectivity index (χ4n) is 3.65. The minimum atomic E-state index is -0.249. The standard InChI is InChI=1S/C24H26N4O2/c1-18(29)27-23-9-5-8-22(15-23)26-17-21(16-25)24(30)28-12-10-20(11-13-28)14-19-6-3-2-4-7-19/h2-9,15,17,20,26H,10-14H2,1H3,(H,27,29)/b21-17-. The van der Waals surface area contributed by atoms with E-state index in [-0.39, 0.29) is 17.4 Å². The van der Waals surface area contributed by atoms with Crippen molar-refractivity contribution in [2.45, 2.75) is 26.2 Å². The van der Waals surface area contributed by atoms with Crippen LogP contribution in [0.4, 0.5) is 11.4 Å². The Morgan fingerprint density at radius 1 is 1.10 bits per heavy atom. The first-order valence-electron chi connectivity index (χ1n) is 10.1. The molecule has 3 rings (SSSR count). The summed E-state index contributed by atoms with van der Waals surface area (Å²) in [7, 11) is 0. The van der Waals surface area contributed by atoms with Crippen molar-refractivity contribution in [2.24, 2.45) is 5.92 Å². The highest BCUT2D eigenvalue weighted by Gasteiger charge is 2.25. The molecule has 154 valence electrons. The maximum absolute atomic E-state index is 12.8. The Balaban J connectivity index is 1.56. The van der Waals surface area contributed by atoms with Gasteiger partial charge in [0.1, 0.15) is 11.6 Å². The first kappa shape index (κ1) is 21.1. The molecule has 1 heterocycles. The molecule has 1 saturated heterocycles. The molecule has 0 aromatic heterocycles. The van der Waals surface area contributed by atoms with Gasteiger partial charge in [0.2, 0.25) is 5.91 Å². The SMILES string of the molecule is CC(=O)Nc1cccc(N/C=C(/C#N)C(=O)N2CCC(Cc3ccccc3)CC2)c1. The molecule has 0 unspecified atom stereocenters. The van der Waals surface area contributed by atoms with E-state index in [0.717, 1.165) is 19.3 Å². The second-order valence-electron chi connectivity index (χ2n) is 7.50. The number of piperidine rings is 1. The van der Waals surface area contributed by atoms with Crippen LogP contribution in [0.15, 0.2) is 66.4 Å². The minimum absolute atomic E-state index is 0.0708. The molecule has 0 aliphatic carbocycles. The van der Waals surface area contributed by atoms with Crippen molar-refractivity contribution >= 4 is 23.2 Å². The number of carbonyl (C=O) groups is 2. The van der Waals surface area contributed by atoms with Crippen molar-refractivity contribution < 1.29 is 9.59 Å². The highest BCUT2D eigenvalue weighted by Crippen LogP contribution is 2.23. The number of hydrogen-bond acceptors (Lipinski definition) is 4. The van der Waals surface area contributed by atoms with Crippen LogP contribution in [-0.2, 0) is 16.0 Å². The monoisotopic (exact) mass is 402 g/mol. The average Bonchev–Trinajstić information content (AvgIpc) is 2.75. The van der Waals surface area contributed by atoms with Crippen LogP contribution in [0.25, 0.3) is 0 Å². The van der Waals surface area contributed by atoms with E-state index in [1.165, 1.54) is 18.7 Å². The lowest BCUT2D eigenvalue weighted by atomic mass is 9.90. The van der Waals surface area contributed by atoms with Gasteiger partial charge in [-0.2, -0.15) is 5.26 Å². The Morgan fingerprint density at radius 3 is 2.47 bits per heavy atom. The first-order chi connectivity index (χ1) is 14.5. The molecule has 0 atom stereocenters. The van der Waals surface area contributed by atoms with E-state index in [0.29, 0.717) is 30.4 Å². The van der Waals surface area contributed by atoms with E-state index in [4.69, 9.17) is 0 Å². The summed E-state index contributed by atoms with van der Waals surface area (Å²) in [5, 5.41) is 15.2. The van der Waals surface area contributed by atoms with Gasteiger partial charge in [-0.1, -0.05) is 36.4 Å². The molecular weight excluding hydrogens is 376 g/mol. The predicted octanol–water partition coefficient (Wildman–Crippen LogP) is 3.95. The average molecular weight is 402 g/mol. The summed E-state index contributed by atoms with van der Waals surface area (Å²) in [6, 6.07) is 19.5. The molecule has 6 heteroatoms. The molecule has 1 aliphatic heterocycles. The van der Waals surface area contributed by atoms with Crippen LogP contribution < -0.4 is 10.6 Å². The third-order valence-corrected chi connectivity index (χ3v) is 5.19. The Hall–Kier alpha value is -3.59. The topological polar surface area (TPSA) is 85.2 Å². The van der Waals surface area contributed by atoms with Gasteiger partial charge in [0.25, 0.3) is 5.91 Å². The van der Waals surface area contributed by atoms with E-state index in [1.54, 1.807) is 29.2 Å². The molecule has 0 saturated carbocycles. The number of nitriles is 1. The van der Waals surface area contributed by atoms with Gasteiger partial charge in [-0.25, -0.2) is 0 Å². The second kappa shape index (κ2) is 10.3. The summed E-state index contributed by atoms with van der Waals surface area (Å²) in [5.41, 5.74) is 2.72. The molecular formula is C24H26N4O2. The number of nitrogens with zero attached hydrogens (tertiary/aromatic N) is 2. The number of amides is 2. The van der Waals surface area contributed by atoms with Crippen LogP contribution in [0.5, 0.6) is 0 Å². The van der Waals surface area contributed by atoms with Gasteiger partial charge in [-0.05, 0) is 48.9 Å². The zero-order valence-corrected chi connectivity index (χ0v) is 17.1. The molecule has 2 aromatic rings. The van der Waals surface area contributed by atoms with Crippen molar-refractivity contribution in [3.8, 4) is 6.07 Å². The Bertz CT molecular complexity index is 955. The maximum Gasteiger partial charge on any atom is 0.266 e. The zero-order chi connectivity index (χ0) is 21.3. The number of likely N-dealkylation sites (tertiary alicyclic amines) is 1. The van der Waals surface area contributed by atoms with Gasteiger partial charge in [0.15, 0.2) is 0 Å². The third-order valence-electron chi connectivity index (χ3n) is 5.19. The van der Waals surface area contributed by atoms with Gasteiger partial charge < -0.3 is 15.5 Å². The molecule has 0 spiro atoms. The Kier molecular flexibility index (Phi) is 7.23. The van der Waals surface area contributed by atoms with E-state index in [9.17, 15) is 14.9 Å². The molecule has 1 aliphatic rings. The van der Waals surface area contributed by atoms with Crippen molar-refractivity contribution in [3.63, 3.8) is 0 Å². The first-order valence-corrected chi connectivity index (χ1v) is 10.1. The summed E-state index contributed by atoms with van der Waals surface area (Å²) >= 11 is 0. The molecule has 30 heavy (non-hydrogen) atoms. The van der Waals surface area contributed by atoms with E-state index in [1.807, 2.05) is 12.1 Å². The van der Waals surface area contributed by atoms with E-state index >= 15 is 0 Å². The normalized spacial score (nSPS) is 14.7. The number of rotatable bonds is 6. The fraction of sp³-hybridized carbons (Fsp3) is 0.292. The lowest BCUT2D eigenvalue weighted by Gasteiger charge is -2.32. The lowest BCUT2D eigenvalue weighted by molar-refractivity contribution is -0.128. The highest BCUT2D eigenvalue weighted by atomic mass is 16.2. The summed E-state index contributed by atoms with van der Waals surface area (Å²) < 4.78 is 0. The molecule has 6 nitrogen and oxygen atoms in total. The summed E-state index contributed by atoms with van der Waals surface area (Å²) in [5.74, 6) is 0.146. The molecule has 2 aromatic carbocycles. The summed E-state index contributed by atoms with van der Waals surface area (Å²) in [4.78, 5) is 25.7. The number of nitrogens with one attached hydrogen (secondary N) is 2. The minimum Gasteiger partial charge on any atom is -0.360 e. The Morgan fingerprint density at radius 2 is 1.80 bits per heavy atom. The van der Waals surface area contributed by atoms with Gasteiger partial charge in [-0.3, -0.25) is 9.59 Å². The zero-order valence-electron chi connectivity index (χ0n) is 17.1. The second-order valence-corrected chi connectivity index (χ2v) is 7.50. The number of hydrogen-bond donors (Lipinski definition) is 2. The van der Waals surface area contributed by atoms with Crippen molar-refractivity contribution in [1.29, 1.82) is 5.26 Å². The molecule has 2 amide bonds. The summed E-state index contributed by atoms with van der Waals surface area (Å²) in [6.07, 6.45) is 4.33. The van der Waals surface area contributed by atoms with Crippen LogP contribution in [0, 0.1) is 17.2 Å². The van der Waals surface area contributed by atoms with Crippen LogP contribution in [0.1, 0.15) is 25.3 Å². The molecule has 0 radical (unpaired) electrons.